The van der Waals surface area contributed by atoms with E-state index in [0.717, 1.165) is 0 Å². The average Bonchev–Trinajstić information content (AvgIpc) is 2.63. The van der Waals surface area contributed by atoms with Crippen LogP contribution in [0.1, 0.15) is 31.8 Å². The maximum atomic E-state index is 12.7. The van der Waals surface area contributed by atoms with Crippen molar-refractivity contribution in [3.8, 4) is 12.3 Å². The van der Waals surface area contributed by atoms with Crippen molar-refractivity contribution in [2.45, 2.75) is 0 Å². The zero-order chi connectivity index (χ0) is 17.3. The first-order chi connectivity index (χ1) is 11.5. The third-order valence-electron chi connectivity index (χ3n) is 3.71. The average molecular weight is 353 g/mol. The number of benzene rings is 2. The van der Waals surface area contributed by atoms with Crippen LogP contribution in [0.5, 0.6) is 0 Å². The van der Waals surface area contributed by atoms with Crippen molar-refractivity contribution < 1.29 is 9.59 Å². The Labute approximate surface area is 149 Å². The number of carbonyl (C=O) groups is 2. The van der Waals surface area contributed by atoms with E-state index in [1.807, 2.05) is 0 Å². The van der Waals surface area contributed by atoms with Crippen LogP contribution in [0.15, 0.2) is 65.2 Å². The number of hydrogen-bond acceptors (Lipinski definition) is 2. The van der Waals surface area contributed by atoms with Crippen LogP contribution < -0.4 is 0 Å². The zero-order valence-electron chi connectivity index (χ0n) is 12.3. The molecule has 0 bridgehead atoms. The maximum absolute atomic E-state index is 12.7. The lowest BCUT2D eigenvalue weighted by Crippen LogP contribution is -2.19. The number of terminal acetylenes is 1. The molecular weight excluding hydrogens is 343 g/mol. The van der Waals surface area contributed by atoms with Crippen LogP contribution in [0.3, 0.4) is 0 Å². The minimum Gasteiger partial charge on any atom is -0.289 e. The first-order valence-corrected chi connectivity index (χ1v) is 7.81. The van der Waals surface area contributed by atoms with Gasteiger partial charge in [0.25, 0.3) is 0 Å². The summed E-state index contributed by atoms with van der Waals surface area (Å²) in [5.74, 6) is 1.80. The van der Waals surface area contributed by atoms with Crippen LogP contribution in [-0.4, -0.2) is 11.6 Å². The Kier molecular flexibility index (Phi) is 4.40. The topological polar surface area (TPSA) is 34.1 Å². The molecular formula is C20H10Cl2O2. The second-order valence-electron chi connectivity index (χ2n) is 5.11. The molecule has 1 aliphatic carbocycles. The summed E-state index contributed by atoms with van der Waals surface area (Å²) in [5.41, 5.74) is 1.86. The lowest BCUT2D eigenvalue weighted by Gasteiger charge is -2.16. The molecule has 2 aromatic carbocycles. The summed E-state index contributed by atoms with van der Waals surface area (Å²) in [6, 6.07) is 13.6. The van der Waals surface area contributed by atoms with Crippen molar-refractivity contribution in [1.29, 1.82) is 0 Å². The number of hydrogen-bond donors (Lipinski definition) is 0. The molecule has 1 aliphatic rings. The van der Waals surface area contributed by atoms with E-state index in [2.05, 4.69) is 5.92 Å². The van der Waals surface area contributed by atoms with Crippen LogP contribution in [-0.2, 0) is 0 Å². The third kappa shape index (κ3) is 2.69. The summed E-state index contributed by atoms with van der Waals surface area (Å²) in [4.78, 5) is 25.0. The minimum absolute atomic E-state index is 0.0668. The Morgan fingerprint density at radius 3 is 2.21 bits per heavy atom. The number of rotatable bonds is 2. The van der Waals surface area contributed by atoms with Crippen LogP contribution in [0, 0.1) is 12.3 Å². The highest BCUT2D eigenvalue weighted by molar-refractivity contribution is 6.52. The molecule has 0 atom stereocenters. The summed E-state index contributed by atoms with van der Waals surface area (Å²) in [6.45, 7) is 0. The van der Waals surface area contributed by atoms with Gasteiger partial charge in [0.1, 0.15) is 0 Å². The van der Waals surface area contributed by atoms with Gasteiger partial charge in [-0.05, 0) is 12.1 Å². The van der Waals surface area contributed by atoms with E-state index in [9.17, 15) is 9.59 Å². The molecule has 0 heterocycles. The number of Topliss-reactive ketones (excluding diaryl/α,β-unsaturated/α-hetero) is 2. The molecule has 0 saturated heterocycles. The lowest BCUT2D eigenvalue weighted by molar-refractivity contribution is 0.0984. The second-order valence-corrected chi connectivity index (χ2v) is 5.90. The SMILES string of the molecule is C#Cc1ccccc1/C(Cl)=C/C1=C(Cl)C(=O)c2ccccc2C1=O. The molecule has 0 fully saturated rings. The Bertz CT molecular complexity index is 975. The third-order valence-corrected chi connectivity index (χ3v) is 4.40. The monoisotopic (exact) mass is 352 g/mol. The van der Waals surface area contributed by atoms with Crippen molar-refractivity contribution in [3.63, 3.8) is 0 Å². The Balaban J connectivity index is 2.13. The minimum atomic E-state index is -0.396. The molecule has 0 amide bonds. The second kappa shape index (κ2) is 6.49. The van der Waals surface area contributed by atoms with Gasteiger partial charge in [-0.2, -0.15) is 0 Å². The van der Waals surface area contributed by atoms with Crippen molar-refractivity contribution in [2.75, 3.05) is 0 Å². The predicted octanol–water partition coefficient (Wildman–Crippen LogP) is 4.82. The molecule has 3 rings (SSSR count). The summed E-state index contributed by atoms with van der Waals surface area (Å²) < 4.78 is 0. The fourth-order valence-electron chi connectivity index (χ4n) is 2.52. The van der Waals surface area contributed by atoms with Gasteiger partial charge in [-0.1, -0.05) is 71.6 Å². The Hall–Kier alpha value is -2.60. The molecule has 2 nitrogen and oxygen atoms in total. The van der Waals surface area contributed by atoms with Crippen LogP contribution in [0.4, 0.5) is 0 Å². The summed E-state index contributed by atoms with van der Waals surface area (Å²) in [5, 5.41) is 0.104. The smallest absolute Gasteiger partial charge is 0.205 e. The molecule has 0 aliphatic heterocycles. The van der Waals surface area contributed by atoms with Gasteiger partial charge in [0.2, 0.25) is 5.78 Å². The van der Waals surface area contributed by atoms with Crippen LogP contribution >= 0.6 is 23.2 Å². The number of halogens is 2. The Morgan fingerprint density at radius 1 is 0.958 bits per heavy atom. The molecule has 0 saturated carbocycles. The van der Waals surface area contributed by atoms with Crippen molar-refractivity contribution in [2.24, 2.45) is 0 Å². The van der Waals surface area contributed by atoms with E-state index in [4.69, 9.17) is 29.6 Å². The molecule has 0 aromatic heterocycles. The summed E-state index contributed by atoms with van der Waals surface area (Å²) >= 11 is 12.5. The number of ketones is 2. The van der Waals surface area contributed by atoms with Crippen molar-refractivity contribution in [3.05, 3.63) is 87.5 Å². The van der Waals surface area contributed by atoms with Gasteiger partial charge in [-0.15, -0.1) is 6.42 Å². The standard InChI is InChI=1S/C20H10Cl2O2/c1-2-12-7-3-4-8-13(12)17(21)11-16-18(22)20(24)15-10-6-5-9-14(15)19(16)23/h1,3-11H/b17-11-. The van der Waals surface area contributed by atoms with E-state index in [1.54, 1.807) is 48.5 Å². The fraction of sp³-hybridized carbons (Fsp3) is 0. The quantitative estimate of drug-likeness (QED) is 0.726. The zero-order valence-corrected chi connectivity index (χ0v) is 13.9. The Morgan fingerprint density at radius 2 is 1.54 bits per heavy atom. The van der Waals surface area contributed by atoms with E-state index in [0.29, 0.717) is 22.3 Å². The maximum Gasteiger partial charge on any atom is 0.205 e. The van der Waals surface area contributed by atoms with Gasteiger partial charge >= 0.3 is 0 Å². The number of allylic oxidation sites excluding steroid dienone is 3. The summed E-state index contributed by atoms with van der Waals surface area (Å²) in [7, 11) is 0. The first-order valence-electron chi connectivity index (χ1n) is 7.06. The molecule has 2 aromatic rings. The molecule has 116 valence electrons. The molecule has 0 N–H and O–H groups in total. The molecule has 4 heteroatoms. The van der Waals surface area contributed by atoms with Crippen molar-refractivity contribution in [1.82, 2.24) is 0 Å². The van der Waals surface area contributed by atoms with Gasteiger partial charge in [0, 0.05) is 32.9 Å². The van der Waals surface area contributed by atoms with E-state index < -0.39 is 5.78 Å². The highest BCUT2D eigenvalue weighted by Gasteiger charge is 2.30. The number of carbonyl (C=O) groups excluding carboxylic acids is 2. The van der Waals surface area contributed by atoms with Crippen LogP contribution in [0.25, 0.3) is 5.03 Å². The highest BCUT2D eigenvalue weighted by atomic mass is 35.5. The normalized spacial score (nSPS) is 14.5. The van der Waals surface area contributed by atoms with E-state index in [-0.39, 0.29) is 21.4 Å². The van der Waals surface area contributed by atoms with Gasteiger partial charge in [0.05, 0.1) is 5.03 Å². The molecule has 0 spiro atoms. The largest absolute Gasteiger partial charge is 0.289 e. The van der Waals surface area contributed by atoms with E-state index in [1.165, 1.54) is 6.08 Å². The summed E-state index contributed by atoms with van der Waals surface area (Å²) in [6.07, 6.45) is 6.87. The van der Waals surface area contributed by atoms with Gasteiger partial charge < -0.3 is 0 Å². The lowest BCUT2D eigenvalue weighted by atomic mass is 9.89. The number of fused-ring (bicyclic) bond motifs is 1. The van der Waals surface area contributed by atoms with Gasteiger partial charge in [0.15, 0.2) is 5.78 Å². The van der Waals surface area contributed by atoms with Crippen LogP contribution in [0.2, 0.25) is 0 Å². The fourth-order valence-corrected chi connectivity index (χ4v) is 3.03. The molecule has 24 heavy (non-hydrogen) atoms. The highest BCUT2D eigenvalue weighted by Crippen LogP contribution is 2.32. The van der Waals surface area contributed by atoms with Gasteiger partial charge in [-0.3, -0.25) is 9.59 Å². The molecule has 0 unspecified atom stereocenters. The van der Waals surface area contributed by atoms with Gasteiger partial charge in [-0.25, -0.2) is 0 Å². The van der Waals surface area contributed by atoms with E-state index >= 15 is 0 Å². The van der Waals surface area contributed by atoms with Crippen molar-refractivity contribution >= 4 is 39.8 Å². The molecule has 0 radical (unpaired) electrons. The predicted molar refractivity (Wildman–Crippen MR) is 96.2 cm³/mol. The first kappa shape index (κ1) is 16.3.